The van der Waals surface area contributed by atoms with Crippen LogP contribution in [0.4, 0.5) is 5.82 Å². The van der Waals surface area contributed by atoms with Crippen molar-refractivity contribution in [1.29, 1.82) is 0 Å². The van der Waals surface area contributed by atoms with E-state index in [-0.39, 0.29) is 11.8 Å². The number of fused-ring (bicyclic) bond motifs is 1. The Labute approximate surface area is 191 Å². The average Bonchev–Trinajstić information content (AvgIpc) is 3.31. The highest BCUT2D eigenvalue weighted by Crippen LogP contribution is 2.26. The lowest BCUT2D eigenvalue weighted by Crippen LogP contribution is -2.47. The number of rotatable bonds is 6. The van der Waals surface area contributed by atoms with Gasteiger partial charge in [-0.2, -0.15) is 0 Å². The molecule has 8 nitrogen and oxygen atoms in total. The Morgan fingerprint density at radius 1 is 1.18 bits per heavy atom. The lowest BCUT2D eigenvalue weighted by Gasteiger charge is -2.28. The summed E-state index contributed by atoms with van der Waals surface area (Å²) in [5.74, 6) is -0.707. The monoisotopic (exact) mass is 446 g/mol. The van der Waals surface area contributed by atoms with Crippen LogP contribution in [0.1, 0.15) is 37.0 Å². The van der Waals surface area contributed by atoms with Crippen LogP contribution >= 0.6 is 0 Å². The number of likely N-dealkylation sites (tertiary alicyclic amines) is 1. The SMILES string of the molecule is CC(=O)O[C@H](C(=O)N1CCC[C@H]1C(=O)NCc1ccc2c(N)nccc2c1)c1ccccc1. The van der Waals surface area contributed by atoms with Crippen LogP contribution in [-0.2, 0) is 25.7 Å². The Bertz CT molecular complexity index is 1180. The predicted molar refractivity (Wildman–Crippen MR) is 124 cm³/mol. The van der Waals surface area contributed by atoms with Crippen molar-refractivity contribution in [2.45, 2.75) is 38.5 Å². The summed E-state index contributed by atoms with van der Waals surface area (Å²) in [5, 5.41) is 4.74. The fourth-order valence-electron chi connectivity index (χ4n) is 4.18. The number of nitrogens with zero attached hydrogens (tertiary/aromatic N) is 2. The molecule has 0 saturated carbocycles. The second-order valence-corrected chi connectivity index (χ2v) is 8.06. The lowest BCUT2D eigenvalue weighted by atomic mass is 10.1. The molecule has 0 unspecified atom stereocenters. The third-order valence-corrected chi connectivity index (χ3v) is 5.78. The van der Waals surface area contributed by atoms with Crippen LogP contribution < -0.4 is 11.1 Å². The molecule has 0 spiro atoms. The molecule has 1 fully saturated rings. The van der Waals surface area contributed by atoms with Crippen LogP contribution in [0.15, 0.2) is 60.8 Å². The summed E-state index contributed by atoms with van der Waals surface area (Å²) < 4.78 is 5.34. The molecule has 0 bridgehead atoms. The van der Waals surface area contributed by atoms with E-state index in [9.17, 15) is 14.4 Å². The van der Waals surface area contributed by atoms with E-state index < -0.39 is 18.1 Å². The Morgan fingerprint density at radius 2 is 1.97 bits per heavy atom. The lowest BCUT2D eigenvalue weighted by molar-refractivity contribution is -0.160. The van der Waals surface area contributed by atoms with Gasteiger partial charge in [0, 0.05) is 37.2 Å². The number of benzene rings is 2. The first-order valence-corrected chi connectivity index (χ1v) is 10.9. The van der Waals surface area contributed by atoms with E-state index >= 15 is 0 Å². The zero-order chi connectivity index (χ0) is 23.4. The number of carbonyl (C=O) groups is 3. The zero-order valence-corrected chi connectivity index (χ0v) is 18.4. The first kappa shape index (κ1) is 22.3. The predicted octanol–water partition coefficient (Wildman–Crippen LogP) is 2.73. The van der Waals surface area contributed by atoms with Crippen molar-refractivity contribution in [3.8, 4) is 0 Å². The molecule has 3 aromatic rings. The summed E-state index contributed by atoms with van der Waals surface area (Å²) in [6.07, 6.45) is 1.83. The molecule has 2 amide bonds. The summed E-state index contributed by atoms with van der Waals surface area (Å²) in [6.45, 7) is 2.02. The quantitative estimate of drug-likeness (QED) is 0.563. The van der Waals surface area contributed by atoms with Crippen molar-refractivity contribution in [2.24, 2.45) is 0 Å². The Balaban J connectivity index is 1.46. The number of hydrogen-bond donors (Lipinski definition) is 2. The van der Waals surface area contributed by atoms with Gasteiger partial charge in [0.25, 0.3) is 5.91 Å². The van der Waals surface area contributed by atoms with E-state index in [1.165, 1.54) is 11.8 Å². The van der Waals surface area contributed by atoms with E-state index in [1.807, 2.05) is 30.3 Å². The highest BCUT2D eigenvalue weighted by molar-refractivity contribution is 5.92. The van der Waals surface area contributed by atoms with Gasteiger partial charge in [0.05, 0.1) is 0 Å². The van der Waals surface area contributed by atoms with Gasteiger partial charge in [-0.05, 0) is 35.9 Å². The molecule has 170 valence electrons. The van der Waals surface area contributed by atoms with Crippen molar-refractivity contribution in [3.05, 3.63) is 71.9 Å². The maximum Gasteiger partial charge on any atom is 0.303 e. The van der Waals surface area contributed by atoms with Gasteiger partial charge in [0.15, 0.2) is 0 Å². The fourth-order valence-corrected chi connectivity index (χ4v) is 4.18. The van der Waals surface area contributed by atoms with Crippen LogP contribution in [0.2, 0.25) is 0 Å². The summed E-state index contributed by atoms with van der Waals surface area (Å²) >= 11 is 0. The second-order valence-electron chi connectivity index (χ2n) is 8.06. The summed E-state index contributed by atoms with van der Waals surface area (Å²) in [6, 6.07) is 15.8. The molecule has 3 N–H and O–H groups in total. The number of hydrogen-bond acceptors (Lipinski definition) is 6. The van der Waals surface area contributed by atoms with Crippen molar-refractivity contribution >= 4 is 34.4 Å². The Hall–Kier alpha value is -3.94. The van der Waals surface area contributed by atoms with Gasteiger partial charge in [-0.3, -0.25) is 14.4 Å². The number of nitrogen functional groups attached to an aromatic ring is 1. The minimum atomic E-state index is -1.07. The van der Waals surface area contributed by atoms with Crippen molar-refractivity contribution < 1.29 is 19.1 Å². The third-order valence-electron chi connectivity index (χ3n) is 5.78. The molecule has 0 aliphatic carbocycles. The van der Waals surface area contributed by atoms with Gasteiger partial charge < -0.3 is 20.7 Å². The Morgan fingerprint density at radius 3 is 2.73 bits per heavy atom. The fraction of sp³-hybridized carbons (Fsp3) is 0.280. The normalized spacial score (nSPS) is 16.4. The molecule has 1 aliphatic rings. The molecular formula is C25H26N4O4. The minimum Gasteiger partial charge on any atom is -0.447 e. The third kappa shape index (κ3) is 4.95. The zero-order valence-electron chi connectivity index (χ0n) is 18.4. The van der Waals surface area contributed by atoms with Crippen molar-refractivity contribution in [3.63, 3.8) is 0 Å². The number of aromatic nitrogens is 1. The first-order valence-electron chi connectivity index (χ1n) is 10.9. The van der Waals surface area contributed by atoms with E-state index in [0.29, 0.717) is 37.3 Å². The molecule has 2 heterocycles. The molecule has 2 aromatic carbocycles. The van der Waals surface area contributed by atoms with E-state index in [0.717, 1.165) is 16.3 Å². The molecule has 8 heteroatoms. The van der Waals surface area contributed by atoms with Gasteiger partial charge in [0.2, 0.25) is 12.0 Å². The van der Waals surface area contributed by atoms with Crippen LogP contribution in [-0.4, -0.2) is 40.3 Å². The van der Waals surface area contributed by atoms with Crippen LogP contribution in [0, 0.1) is 0 Å². The maximum absolute atomic E-state index is 13.3. The molecule has 33 heavy (non-hydrogen) atoms. The molecule has 1 saturated heterocycles. The largest absolute Gasteiger partial charge is 0.447 e. The van der Waals surface area contributed by atoms with E-state index in [4.69, 9.17) is 10.5 Å². The molecule has 1 aromatic heterocycles. The number of ether oxygens (including phenoxy) is 1. The average molecular weight is 447 g/mol. The summed E-state index contributed by atoms with van der Waals surface area (Å²) in [4.78, 5) is 43.5. The van der Waals surface area contributed by atoms with Crippen LogP contribution in [0.25, 0.3) is 10.8 Å². The molecule has 2 atom stereocenters. The van der Waals surface area contributed by atoms with Crippen molar-refractivity contribution in [2.75, 3.05) is 12.3 Å². The smallest absolute Gasteiger partial charge is 0.303 e. The molecule has 0 radical (unpaired) electrons. The number of carbonyl (C=O) groups excluding carboxylic acids is 3. The molecular weight excluding hydrogens is 420 g/mol. The van der Waals surface area contributed by atoms with Crippen LogP contribution in [0.3, 0.4) is 0 Å². The standard InChI is InChI=1S/C25H26N4O4/c1-16(30)33-22(18-6-3-2-4-7-18)25(32)29-13-5-8-21(29)24(31)28-15-17-9-10-20-19(14-17)11-12-27-23(20)26/h2-4,6-7,9-12,14,21-22H,5,8,13,15H2,1H3,(H2,26,27)(H,28,31)/t21-,22-/m0/s1. The Kier molecular flexibility index (Phi) is 6.53. The van der Waals surface area contributed by atoms with Gasteiger partial charge in [-0.25, -0.2) is 4.98 Å². The number of anilines is 1. The van der Waals surface area contributed by atoms with Crippen molar-refractivity contribution in [1.82, 2.24) is 15.2 Å². The molecule has 1 aliphatic heterocycles. The summed E-state index contributed by atoms with van der Waals surface area (Å²) in [7, 11) is 0. The number of esters is 1. The molecule has 4 rings (SSSR count). The van der Waals surface area contributed by atoms with Gasteiger partial charge in [-0.15, -0.1) is 0 Å². The topological polar surface area (TPSA) is 115 Å². The van der Waals surface area contributed by atoms with Crippen LogP contribution in [0.5, 0.6) is 0 Å². The van der Waals surface area contributed by atoms with Gasteiger partial charge in [-0.1, -0.05) is 42.5 Å². The number of nitrogens with one attached hydrogen (secondary N) is 1. The highest BCUT2D eigenvalue weighted by atomic mass is 16.5. The highest BCUT2D eigenvalue weighted by Gasteiger charge is 2.38. The summed E-state index contributed by atoms with van der Waals surface area (Å²) in [5.41, 5.74) is 7.40. The number of amides is 2. The van der Waals surface area contributed by atoms with E-state index in [2.05, 4.69) is 10.3 Å². The number of pyridine rings is 1. The number of nitrogens with two attached hydrogens (primary N) is 1. The van der Waals surface area contributed by atoms with E-state index in [1.54, 1.807) is 30.5 Å². The maximum atomic E-state index is 13.3. The second kappa shape index (κ2) is 9.68. The van der Waals surface area contributed by atoms with Gasteiger partial charge in [0.1, 0.15) is 11.9 Å². The first-order chi connectivity index (χ1) is 15.9. The minimum absolute atomic E-state index is 0.232. The van der Waals surface area contributed by atoms with Gasteiger partial charge >= 0.3 is 5.97 Å².